The third-order valence-corrected chi connectivity index (χ3v) is 3.17. The van der Waals surface area contributed by atoms with Crippen molar-refractivity contribution in [2.75, 3.05) is 0 Å². The van der Waals surface area contributed by atoms with Crippen LogP contribution in [0.1, 0.15) is 58.3 Å². The van der Waals surface area contributed by atoms with E-state index in [2.05, 4.69) is 6.92 Å². The zero-order chi connectivity index (χ0) is 10.4. The number of carboxylic acids is 1. The normalized spacial score (nSPS) is 24.9. The molecular formula is C12H22O2. The van der Waals surface area contributed by atoms with Crippen LogP contribution in [0.25, 0.3) is 0 Å². The molecule has 1 fully saturated rings. The van der Waals surface area contributed by atoms with E-state index in [9.17, 15) is 4.79 Å². The van der Waals surface area contributed by atoms with E-state index in [1.807, 2.05) is 0 Å². The number of rotatable bonds is 8. The summed E-state index contributed by atoms with van der Waals surface area (Å²) in [6, 6.07) is 0. The summed E-state index contributed by atoms with van der Waals surface area (Å²) in [5.41, 5.74) is 0. The van der Waals surface area contributed by atoms with Crippen LogP contribution in [0.5, 0.6) is 0 Å². The zero-order valence-electron chi connectivity index (χ0n) is 9.17. The molecule has 1 aliphatic rings. The Labute approximate surface area is 86.7 Å². The Morgan fingerprint density at radius 1 is 1.21 bits per heavy atom. The van der Waals surface area contributed by atoms with Gasteiger partial charge in [0.2, 0.25) is 0 Å². The van der Waals surface area contributed by atoms with E-state index in [-0.39, 0.29) is 5.92 Å². The Morgan fingerprint density at radius 3 is 2.43 bits per heavy atom. The molecule has 1 aliphatic carbocycles. The fourth-order valence-electron chi connectivity index (χ4n) is 2.06. The Bertz CT molecular complexity index is 177. The van der Waals surface area contributed by atoms with Gasteiger partial charge in [-0.25, -0.2) is 0 Å². The van der Waals surface area contributed by atoms with Crippen LogP contribution in [0, 0.1) is 11.8 Å². The number of unbranched alkanes of at least 4 members (excludes halogenated alkanes) is 5. The van der Waals surface area contributed by atoms with Crippen molar-refractivity contribution in [3.05, 3.63) is 0 Å². The lowest BCUT2D eigenvalue weighted by Crippen LogP contribution is -1.99. The highest BCUT2D eigenvalue weighted by atomic mass is 16.4. The number of hydrogen-bond acceptors (Lipinski definition) is 1. The second-order valence-corrected chi connectivity index (χ2v) is 4.50. The summed E-state index contributed by atoms with van der Waals surface area (Å²) >= 11 is 0. The van der Waals surface area contributed by atoms with Gasteiger partial charge in [-0.3, -0.25) is 4.79 Å². The first kappa shape index (κ1) is 11.5. The minimum absolute atomic E-state index is 0.00522. The number of aliphatic carboxylic acids is 1. The van der Waals surface area contributed by atoms with Gasteiger partial charge in [0.15, 0.2) is 0 Å². The molecular weight excluding hydrogens is 176 g/mol. The van der Waals surface area contributed by atoms with Gasteiger partial charge in [-0.05, 0) is 18.8 Å². The average Bonchev–Trinajstić information content (AvgIpc) is 2.90. The predicted molar refractivity (Wildman–Crippen MR) is 57.2 cm³/mol. The third-order valence-electron chi connectivity index (χ3n) is 3.17. The lowest BCUT2D eigenvalue weighted by molar-refractivity contribution is -0.138. The molecule has 1 rings (SSSR count). The summed E-state index contributed by atoms with van der Waals surface area (Å²) in [7, 11) is 0. The lowest BCUT2D eigenvalue weighted by Gasteiger charge is -1.99. The van der Waals surface area contributed by atoms with Gasteiger partial charge >= 0.3 is 5.97 Å². The second kappa shape index (κ2) is 6.05. The first-order valence-electron chi connectivity index (χ1n) is 5.98. The maximum Gasteiger partial charge on any atom is 0.306 e. The minimum atomic E-state index is -0.582. The first-order valence-corrected chi connectivity index (χ1v) is 5.98. The van der Waals surface area contributed by atoms with E-state index in [4.69, 9.17) is 5.11 Å². The van der Waals surface area contributed by atoms with E-state index in [0.29, 0.717) is 5.92 Å². The quantitative estimate of drug-likeness (QED) is 0.606. The molecule has 0 aromatic rings. The molecule has 0 aromatic carbocycles. The van der Waals surface area contributed by atoms with Crippen LogP contribution in [0.2, 0.25) is 0 Å². The van der Waals surface area contributed by atoms with Crippen LogP contribution in [0.3, 0.4) is 0 Å². The smallest absolute Gasteiger partial charge is 0.306 e. The largest absolute Gasteiger partial charge is 0.481 e. The molecule has 0 spiro atoms. The lowest BCUT2D eigenvalue weighted by atomic mass is 10.1. The Kier molecular flexibility index (Phi) is 4.99. The second-order valence-electron chi connectivity index (χ2n) is 4.50. The fourth-order valence-corrected chi connectivity index (χ4v) is 2.06. The average molecular weight is 198 g/mol. The van der Waals surface area contributed by atoms with E-state index in [1.54, 1.807) is 0 Å². The monoisotopic (exact) mass is 198 g/mol. The topological polar surface area (TPSA) is 37.3 Å². The van der Waals surface area contributed by atoms with E-state index in [0.717, 1.165) is 12.8 Å². The Balaban J connectivity index is 1.84. The van der Waals surface area contributed by atoms with Gasteiger partial charge in [0, 0.05) is 0 Å². The molecule has 82 valence electrons. The molecule has 14 heavy (non-hydrogen) atoms. The SMILES string of the molecule is CCCCCCCC[C@H]1C[C@H]1C(=O)O. The van der Waals surface area contributed by atoms with Crippen LogP contribution < -0.4 is 0 Å². The molecule has 2 heteroatoms. The number of hydrogen-bond donors (Lipinski definition) is 1. The van der Waals surface area contributed by atoms with Crippen LogP contribution in [-0.4, -0.2) is 11.1 Å². The molecule has 0 heterocycles. The van der Waals surface area contributed by atoms with Crippen molar-refractivity contribution < 1.29 is 9.90 Å². The van der Waals surface area contributed by atoms with Gasteiger partial charge in [-0.1, -0.05) is 45.4 Å². The zero-order valence-corrected chi connectivity index (χ0v) is 9.17. The maximum absolute atomic E-state index is 10.5. The predicted octanol–water partition coefficient (Wildman–Crippen LogP) is 3.46. The van der Waals surface area contributed by atoms with Crippen molar-refractivity contribution in [1.29, 1.82) is 0 Å². The van der Waals surface area contributed by atoms with Gasteiger partial charge in [0.05, 0.1) is 5.92 Å². The van der Waals surface area contributed by atoms with Gasteiger partial charge in [-0.2, -0.15) is 0 Å². The molecule has 0 radical (unpaired) electrons. The minimum Gasteiger partial charge on any atom is -0.481 e. The van der Waals surface area contributed by atoms with Crippen LogP contribution in [-0.2, 0) is 4.79 Å². The summed E-state index contributed by atoms with van der Waals surface area (Å²) in [4.78, 5) is 10.5. The van der Waals surface area contributed by atoms with Gasteiger partial charge in [0.25, 0.3) is 0 Å². The summed E-state index contributed by atoms with van der Waals surface area (Å²) in [6.45, 7) is 2.22. The molecule has 0 aliphatic heterocycles. The van der Waals surface area contributed by atoms with Crippen molar-refractivity contribution in [1.82, 2.24) is 0 Å². The standard InChI is InChI=1S/C12H22O2/c1-2-3-4-5-6-7-8-10-9-11(10)12(13)14/h10-11H,2-9H2,1H3,(H,13,14)/t10-,11+/m0/s1. The molecule has 0 saturated heterocycles. The Morgan fingerprint density at radius 2 is 1.86 bits per heavy atom. The molecule has 0 amide bonds. The van der Waals surface area contributed by atoms with Crippen molar-refractivity contribution >= 4 is 5.97 Å². The summed E-state index contributed by atoms with van der Waals surface area (Å²) in [6.07, 6.45) is 9.93. The van der Waals surface area contributed by atoms with Gasteiger partial charge in [0.1, 0.15) is 0 Å². The molecule has 0 unspecified atom stereocenters. The maximum atomic E-state index is 10.5. The third kappa shape index (κ3) is 4.12. The Hall–Kier alpha value is -0.530. The summed E-state index contributed by atoms with van der Waals surface area (Å²) in [5.74, 6) is -0.0645. The van der Waals surface area contributed by atoms with E-state index >= 15 is 0 Å². The van der Waals surface area contributed by atoms with E-state index in [1.165, 1.54) is 38.5 Å². The fraction of sp³-hybridized carbons (Fsp3) is 0.917. The summed E-state index contributed by atoms with van der Waals surface area (Å²) < 4.78 is 0. The van der Waals surface area contributed by atoms with Crippen molar-refractivity contribution in [2.24, 2.45) is 11.8 Å². The van der Waals surface area contributed by atoms with Crippen molar-refractivity contribution in [2.45, 2.75) is 58.3 Å². The highest BCUT2D eigenvalue weighted by Gasteiger charge is 2.42. The number of carboxylic acid groups (broad SMARTS) is 1. The molecule has 2 nitrogen and oxygen atoms in total. The van der Waals surface area contributed by atoms with E-state index < -0.39 is 5.97 Å². The van der Waals surface area contributed by atoms with Crippen LogP contribution >= 0.6 is 0 Å². The highest BCUT2D eigenvalue weighted by molar-refractivity contribution is 5.73. The molecule has 0 aromatic heterocycles. The molecule has 1 N–H and O–H groups in total. The molecule has 2 atom stereocenters. The van der Waals surface area contributed by atoms with Crippen molar-refractivity contribution in [3.63, 3.8) is 0 Å². The molecule has 1 saturated carbocycles. The highest BCUT2D eigenvalue weighted by Crippen LogP contribution is 2.42. The van der Waals surface area contributed by atoms with Crippen LogP contribution in [0.4, 0.5) is 0 Å². The van der Waals surface area contributed by atoms with Gasteiger partial charge < -0.3 is 5.11 Å². The van der Waals surface area contributed by atoms with Gasteiger partial charge in [-0.15, -0.1) is 0 Å². The number of carbonyl (C=O) groups is 1. The first-order chi connectivity index (χ1) is 6.75. The summed E-state index contributed by atoms with van der Waals surface area (Å²) in [5, 5.41) is 8.70. The molecule has 0 bridgehead atoms. The van der Waals surface area contributed by atoms with Crippen molar-refractivity contribution in [3.8, 4) is 0 Å². The van der Waals surface area contributed by atoms with Crippen LogP contribution in [0.15, 0.2) is 0 Å².